The van der Waals surface area contributed by atoms with E-state index in [2.05, 4.69) is 32.0 Å². The highest BCUT2D eigenvalue weighted by Gasteiger charge is 2.26. The minimum atomic E-state index is -0.587. The van der Waals surface area contributed by atoms with Gasteiger partial charge in [0.2, 0.25) is 5.91 Å². The molecule has 0 bridgehead atoms. The summed E-state index contributed by atoms with van der Waals surface area (Å²) >= 11 is 0. The van der Waals surface area contributed by atoms with Gasteiger partial charge in [0.1, 0.15) is 6.04 Å². The normalized spacial score (nSPS) is 16.1. The number of hydrogen-bond donors (Lipinski definition) is 1. The fourth-order valence-corrected chi connectivity index (χ4v) is 2.66. The molecule has 1 heterocycles. The van der Waals surface area contributed by atoms with Crippen LogP contribution in [0.2, 0.25) is 0 Å². The number of methoxy groups -OCH3 is 1. The number of hydrogen-bond acceptors (Lipinski definition) is 3. The number of amides is 1. The minimum Gasteiger partial charge on any atom is -0.383 e. The Morgan fingerprint density at radius 3 is 2.85 bits per heavy atom. The van der Waals surface area contributed by atoms with E-state index in [4.69, 9.17) is 10.5 Å². The first-order valence-electron chi connectivity index (χ1n) is 7.23. The minimum absolute atomic E-state index is 0.0508. The van der Waals surface area contributed by atoms with Crippen molar-refractivity contribution in [3.05, 3.63) is 29.3 Å². The average molecular weight is 276 g/mol. The average Bonchev–Trinajstić information content (AvgIpc) is 2.45. The molecule has 0 saturated carbocycles. The van der Waals surface area contributed by atoms with E-state index in [0.717, 1.165) is 25.1 Å². The molecule has 1 amide bonds. The first-order valence-corrected chi connectivity index (χ1v) is 7.23. The van der Waals surface area contributed by atoms with E-state index in [-0.39, 0.29) is 12.5 Å². The number of benzene rings is 1. The second-order valence-corrected chi connectivity index (χ2v) is 5.70. The van der Waals surface area contributed by atoms with Gasteiger partial charge in [0, 0.05) is 19.3 Å². The van der Waals surface area contributed by atoms with E-state index >= 15 is 0 Å². The highest BCUT2D eigenvalue weighted by molar-refractivity contribution is 5.98. The molecule has 4 heteroatoms. The van der Waals surface area contributed by atoms with E-state index in [0.29, 0.717) is 5.92 Å². The van der Waals surface area contributed by atoms with Gasteiger partial charge in [-0.05, 0) is 36.0 Å². The molecule has 1 aromatic rings. The molecule has 1 aliphatic heterocycles. The maximum absolute atomic E-state index is 12.4. The molecule has 1 unspecified atom stereocenters. The molecule has 0 radical (unpaired) electrons. The Morgan fingerprint density at radius 1 is 1.45 bits per heavy atom. The predicted molar refractivity (Wildman–Crippen MR) is 81.1 cm³/mol. The first kappa shape index (κ1) is 15.0. The van der Waals surface area contributed by atoms with Crippen LogP contribution in [0, 0.1) is 0 Å². The molecule has 1 aromatic carbocycles. The number of nitrogens with two attached hydrogens (primary N) is 1. The van der Waals surface area contributed by atoms with Crippen molar-refractivity contribution in [1.29, 1.82) is 0 Å². The summed E-state index contributed by atoms with van der Waals surface area (Å²) in [6.07, 6.45) is 2.01. The molecule has 0 aromatic heterocycles. The number of nitrogens with zero attached hydrogens (tertiary/aromatic N) is 1. The maximum atomic E-state index is 12.4. The lowest BCUT2D eigenvalue weighted by atomic mass is 9.94. The monoisotopic (exact) mass is 276 g/mol. The van der Waals surface area contributed by atoms with Crippen LogP contribution in [0.5, 0.6) is 0 Å². The molecule has 1 aliphatic rings. The SMILES string of the molecule is COCC(N)C(=O)N1CCCc2cc(C(C)C)ccc21. The number of fused-ring (bicyclic) bond motifs is 1. The smallest absolute Gasteiger partial charge is 0.246 e. The summed E-state index contributed by atoms with van der Waals surface area (Å²) < 4.78 is 4.98. The number of anilines is 1. The van der Waals surface area contributed by atoms with Crippen molar-refractivity contribution in [1.82, 2.24) is 0 Å². The Kier molecular flexibility index (Phi) is 4.78. The zero-order valence-electron chi connectivity index (χ0n) is 12.6. The zero-order valence-corrected chi connectivity index (χ0v) is 12.6. The highest BCUT2D eigenvalue weighted by atomic mass is 16.5. The summed E-state index contributed by atoms with van der Waals surface area (Å²) in [5, 5.41) is 0. The Balaban J connectivity index is 2.26. The molecular formula is C16H24N2O2. The van der Waals surface area contributed by atoms with Crippen LogP contribution in [-0.4, -0.2) is 32.2 Å². The second kappa shape index (κ2) is 6.37. The molecule has 4 nitrogen and oxygen atoms in total. The van der Waals surface area contributed by atoms with Gasteiger partial charge in [0.25, 0.3) is 0 Å². The molecule has 20 heavy (non-hydrogen) atoms. The number of ether oxygens (including phenoxy) is 1. The molecule has 2 rings (SSSR count). The third kappa shape index (κ3) is 3.02. The van der Waals surface area contributed by atoms with Crippen LogP contribution in [0.25, 0.3) is 0 Å². The fraction of sp³-hybridized carbons (Fsp3) is 0.562. The van der Waals surface area contributed by atoms with Crippen LogP contribution >= 0.6 is 0 Å². The Labute approximate surface area is 120 Å². The van der Waals surface area contributed by atoms with Crippen LogP contribution in [0.1, 0.15) is 37.3 Å². The van der Waals surface area contributed by atoms with Gasteiger partial charge >= 0.3 is 0 Å². The predicted octanol–water partition coefficient (Wildman–Crippen LogP) is 2.06. The molecule has 0 saturated heterocycles. The van der Waals surface area contributed by atoms with Crippen LogP contribution in [-0.2, 0) is 16.0 Å². The molecule has 2 N–H and O–H groups in total. The standard InChI is InChI=1S/C16H24N2O2/c1-11(2)12-6-7-15-13(9-12)5-4-8-18(15)16(19)14(17)10-20-3/h6-7,9,11,14H,4-5,8,10,17H2,1-3H3. The third-order valence-electron chi connectivity index (χ3n) is 3.82. The van der Waals surface area contributed by atoms with E-state index in [9.17, 15) is 4.79 Å². The number of carbonyl (C=O) groups is 1. The van der Waals surface area contributed by atoms with E-state index in [1.807, 2.05) is 4.90 Å². The van der Waals surface area contributed by atoms with Crippen molar-refractivity contribution in [2.45, 2.75) is 38.6 Å². The summed E-state index contributed by atoms with van der Waals surface area (Å²) in [5.41, 5.74) is 9.46. The molecular weight excluding hydrogens is 252 g/mol. The largest absolute Gasteiger partial charge is 0.383 e. The van der Waals surface area contributed by atoms with Crippen molar-refractivity contribution in [3.8, 4) is 0 Å². The van der Waals surface area contributed by atoms with Gasteiger partial charge in [-0.25, -0.2) is 0 Å². The van der Waals surface area contributed by atoms with Crippen LogP contribution in [0.4, 0.5) is 5.69 Å². The van der Waals surface area contributed by atoms with Gasteiger partial charge in [0.05, 0.1) is 6.61 Å². The molecule has 0 aliphatic carbocycles. The summed E-state index contributed by atoms with van der Waals surface area (Å²) in [7, 11) is 1.56. The topological polar surface area (TPSA) is 55.6 Å². The van der Waals surface area contributed by atoms with Crippen molar-refractivity contribution >= 4 is 11.6 Å². The second-order valence-electron chi connectivity index (χ2n) is 5.70. The Bertz CT molecular complexity index is 485. The number of aryl methyl sites for hydroxylation is 1. The van der Waals surface area contributed by atoms with Crippen molar-refractivity contribution in [2.75, 3.05) is 25.2 Å². The first-order chi connectivity index (χ1) is 9.54. The van der Waals surface area contributed by atoms with Crippen molar-refractivity contribution in [3.63, 3.8) is 0 Å². The highest BCUT2D eigenvalue weighted by Crippen LogP contribution is 2.30. The Morgan fingerprint density at radius 2 is 2.20 bits per heavy atom. The van der Waals surface area contributed by atoms with E-state index in [1.165, 1.54) is 11.1 Å². The zero-order chi connectivity index (χ0) is 14.7. The van der Waals surface area contributed by atoms with Gasteiger partial charge in [-0.15, -0.1) is 0 Å². The number of carbonyl (C=O) groups excluding carboxylic acids is 1. The summed E-state index contributed by atoms with van der Waals surface area (Å²) in [4.78, 5) is 14.2. The van der Waals surface area contributed by atoms with Gasteiger partial charge in [-0.1, -0.05) is 26.0 Å². The van der Waals surface area contributed by atoms with Crippen molar-refractivity contribution in [2.24, 2.45) is 5.73 Å². The van der Waals surface area contributed by atoms with Crippen LogP contribution in [0.15, 0.2) is 18.2 Å². The summed E-state index contributed by atoms with van der Waals surface area (Å²) in [6.45, 7) is 5.36. The third-order valence-corrected chi connectivity index (χ3v) is 3.82. The van der Waals surface area contributed by atoms with Crippen LogP contribution in [0.3, 0.4) is 0 Å². The van der Waals surface area contributed by atoms with Crippen molar-refractivity contribution < 1.29 is 9.53 Å². The Hall–Kier alpha value is -1.39. The van der Waals surface area contributed by atoms with Gasteiger partial charge < -0.3 is 15.4 Å². The van der Waals surface area contributed by atoms with Crippen LogP contribution < -0.4 is 10.6 Å². The lowest BCUT2D eigenvalue weighted by Crippen LogP contribution is -2.48. The quantitative estimate of drug-likeness (QED) is 0.916. The summed E-state index contributed by atoms with van der Waals surface area (Å²) in [6, 6.07) is 5.80. The lowest BCUT2D eigenvalue weighted by molar-refractivity contribution is -0.121. The maximum Gasteiger partial charge on any atom is 0.246 e. The lowest BCUT2D eigenvalue weighted by Gasteiger charge is -2.32. The number of rotatable bonds is 4. The summed E-state index contributed by atoms with van der Waals surface area (Å²) in [5.74, 6) is 0.451. The van der Waals surface area contributed by atoms with Gasteiger partial charge in [-0.2, -0.15) is 0 Å². The van der Waals surface area contributed by atoms with Gasteiger partial charge in [0.15, 0.2) is 0 Å². The molecule has 1 atom stereocenters. The van der Waals surface area contributed by atoms with E-state index in [1.54, 1.807) is 7.11 Å². The molecule has 0 fully saturated rings. The molecule has 110 valence electrons. The van der Waals surface area contributed by atoms with Gasteiger partial charge in [-0.3, -0.25) is 4.79 Å². The molecule has 0 spiro atoms. The van der Waals surface area contributed by atoms with E-state index < -0.39 is 6.04 Å². The fourth-order valence-electron chi connectivity index (χ4n) is 2.66.